The van der Waals surface area contributed by atoms with Crippen LogP contribution in [0, 0.1) is 5.92 Å². The molecule has 7 nitrogen and oxygen atoms in total. The minimum absolute atomic E-state index is 0.299. The first-order valence-corrected chi connectivity index (χ1v) is 10.9. The summed E-state index contributed by atoms with van der Waals surface area (Å²) in [5, 5.41) is 11.6. The van der Waals surface area contributed by atoms with Gasteiger partial charge in [-0.1, -0.05) is 25.1 Å². The molecular weight excluding hydrogens is 364 g/mol. The number of nitrogens with zero attached hydrogens (tertiary/aromatic N) is 4. The normalized spacial score (nSPS) is 19.0. The average molecular weight is 397 g/mol. The van der Waals surface area contributed by atoms with Crippen molar-refractivity contribution in [2.45, 2.75) is 65.1 Å². The van der Waals surface area contributed by atoms with Gasteiger partial charge in [0.2, 0.25) is 0 Å². The lowest BCUT2D eigenvalue weighted by Gasteiger charge is -2.25. The second kappa shape index (κ2) is 9.29. The van der Waals surface area contributed by atoms with Crippen LogP contribution in [0.5, 0.6) is 5.75 Å². The molecule has 1 saturated carbocycles. The third-order valence-corrected chi connectivity index (χ3v) is 5.45. The number of rotatable bonds is 8. The van der Waals surface area contributed by atoms with E-state index in [1.807, 2.05) is 22.9 Å². The van der Waals surface area contributed by atoms with Gasteiger partial charge in [0.25, 0.3) is 0 Å². The van der Waals surface area contributed by atoms with Crippen LogP contribution in [0.25, 0.3) is 0 Å². The predicted molar refractivity (Wildman–Crippen MR) is 114 cm³/mol. The fourth-order valence-electron chi connectivity index (χ4n) is 3.57. The molecule has 1 aliphatic heterocycles. The molecule has 156 valence electrons. The Kier molecular flexibility index (Phi) is 6.32. The van der Waals surface area contributed by atoms with Crippen LogP contribution in [0.15, 0.2) is 29.3 Å². The van der Waals surface area contributed by atoms with Gasteiger partial charge in [-0.3, -0.25) is 0 Å². The third-order valence-electron chi connectivity index (χ3n) is 5.45. The van der Waals surface area contributed by atoms with Gasteiger partial charge in [-0.15, -0.1) is 0 Å². The van der Waals surface area contributed by atoms with Crippen molar-refractivity contribution < 1.29 is 4.74 Å². The van der Waals surface area contributed by atoms with Crippen LogP contribution in [-0.4, -0.2) is 39.9 Å². The van der Waals surface area contributed by atoms with Gasteiger partial charge in [-0.2, -0.15) is 5.10 Å². The smallest absolute Gasteiger partial charge is 0.191 e. The molecule has 7 heteroatoms. The lowest BCUT2D eigenvalue weighted by molar-refractivity contribution is 0.297. The molecule has 4 rings (SSSR count). The van der Waals surface area contributed by atoms with Gasteiger partial charge in [0, 0.05) is 31.0 Å². The summed E-state index contributed by atoms with van der Waals surface area (Å²) in [6, 6.07) is 8.53. The number of para-hydroxylation sites is 1. The van der Waals surface area contributed by atoms with Crippen molar-refractivity contribution in [1.82, 2.24) is 25.4 Å². The Morgan fingerprint density at radius 3 is 2.90 bits per heavy atom. The number of aliphatic imine (C=N–C) groups is 1. The standard InChI is InChI=1S/C22H32N6O/c1-3-20-26-21-12-11-18(14-28(21)27-20)25-22(23-4-2)24-13-17-7-5-6-8-19(17)29-15-16-9-10-16/h5-8,16,18H,3-4,9-15H2,1-2H3,(H2,23,24,25). The van der Waals surface area contributed by atoms with Crippen LogP contribution in [0.4, 0.5) is 0 Å². The van der Waals surface area contributed by atoms with E-state index in [1.54, 1.807) is 0 Å². The van der Waals surface area contributed by atoms with Crippen LogP contribution in [0.1, 0.15) is 50.3 Å². The molecule has 0 bridgehead atoms. The van der Waals surface area contributed by atoms with Gasteiger partial charge in [0.1, 0.15) is 11.6 Å². The minimum Gasteiger partial charge on any atom is -0.493 e. The molecule has 1 aromatic heterocycles. The summed E-state index contributed by atoms with van der Waals surface area (Å²) < 4.78 is 8.07. The van der Waals surface area contributed by atoms with Gasteiger partial charge in [-0.25, -0.2) is 14.7 Å². The summed E-state index contributed by atoms with van der Waals surface area (Å²) in [5.41, 5.74) is 1.13. The molecule has 1 aromatic carbocycles. The first kappa shape index (κ1) is 19.7. The van der Waals surface area contributed by atoms with E-state index in [-0.39, 0.29) is 0 Å². The lowest BCUT2D eigenvalue weighted by Crippen LogP contribution is -2.47. The quantitative estimate of drug-likeness (QED) is 0.530. The highest BCUT2D eigenvalue weighted by Crippen LogP contribution is 2.30. The third kappa shape index (κ3) is 5.28. The van der Waals surface area contributed by atoms with Crippen molar-refractivity contribution in [3.63, 3.8) is 0 Å². The summed E-state index contributed by atoms with van der Waals surface area (Å²) in [7, 11) is 0. The van der Waals surface area contributed by atoms with Crippen molar-refractivity contribution in [3.05, 3.63) is 41.5 Å². The molecule has 2 aliphatic rings. The number of nitrogens with one attached hydrogen (secondary N) is 2. The molecule has 2 aromatic rings. The second-order valence-electron chi connectivity index (χ2n) is 7.92. The molecule has 0 radical (unpaired) electrons. The lowest BCUT2D eigenvalue weighted by atomic mass is 10.1. The van der Waals surface area contributed by atoms with Crippen molar-refractivity contribution in [2.24, 2.45) is 10.9 Å². The summed E-state index contributed by atoms with van der Waals surface area (Å²) in [6.07, 6.45) is 5.45. The van der Waals surface area contributed by atoms with Gasteiger partial charge in [0.05, 0.1) is 19.7 Å². The highest BCUT2D eigenvalue weighted by Gasteiger charge is 2.23. The van der Waals surface area contributed by atoms with Gasteiger partial charge >= 0.3 is 0 Å². The molecule has 2 heterocycles. The SMILES string of the molecule is CCNC(=NCc1ccccc1OCC1CC1)NC1CCc2nc(CC)nn2C1. The highest BCUT2D eigenvalue weighted by atomic mass is 16.5. The molecular formula is C22H32N6O. The van der Waals surface area contributed by atoms with E-state index in [1.165, 1.54) is 12.8 Å². The van der Waals surface area contributed by atoms with E-state index in [9.17, 15) is 0 Å². The second-order valence-corrected chi connectivity index (χ2v) is 7.92. The number of aryl methyl sites for hydroxylation is 2. The minimum atomic E-state index is 0.299. The molecule has 0 saturated heterocycles. The Morgan fingerprint density at radius 2 is 2.10 bits per heavy atom. The van der Waals surface area contributed by atoms with E-state index in [0.29, 0.717) is 12.6 Å². The van der Waals surface area contributed by atoms with E-state index in [4.69, 9.17) is 9.73 Å². The monoisotopic (exact) mass is 396 g/mol. The molecule has 2 N–H and O–H groups in total. The number of hydrogen-bond acceptors (Lipinski definition) is 4. The van der Waals surface area contributed by atoms with Crippen LogP contribution in [-0.2, 0) is 25.9 Å². The number of ether oxygens (including phenoxy) is 1. The molecule has 0 amide bonds. The Bertz CT molecular complexity index is 842. The van der Waals surface area contributed by atoms with Gasteiger partial charge in [0.15, 0.2) is 11.8 Å². The largest absolute Gasteiger partial charge is 0.493 e. The van der Waals surface area contributed by atoms with Crippen molar-refractivity contribution in [2.75, 3.05) is 13.2 Å². The zero-order valence-electron chi connectivity index (χ0n) is 17.5. The number of guanidine groups is 1. The van der Waals surface area contributed by atoms with E-state index >= 15 is 0 Å². The maximum atomic E-state index is 6.03. The maximum absolute atomic E-state index is 6.03. The summed E-state index contributed by atoms with van der Waals surface area (Å²) in [4.78, 5) is 9.43. The van der Waals surface area contributed by atoms with E-state index < -0.39 is 0 Å². The van der Waals surface area contributed by atoms with Crippen LogP contribution < -0.4 is 15.4 Å². The van der Waals surface area contributed by atoms with Gasteiger partial charge < -0.3 is 15.4 Å². The first-order chi connectivity index (χ1) is 14.2. The van der Waals surface area contributed by atoms with Crippen LogP contribution >= 0.6 is 0 Å². The Balaban J connectivity index is 1.39. The van der Waals surface area contributed by atoms with Crippen molar-refractivity contribution in [1.29, 1.82) is 0 Å². The van der Waals surface area contributed by atoms with Crippen LogP contribution in [0.2, 0.25) is 0 Å². The molecule has 1 unspecified atom stereocenters. The Labute approximate surface area is 173 Å². The molecule has 29 heavy (non-hydrogen) atoms. The maximum Gasteiger partial charge on any atom is 0.191 e. The van der Waals surface area contributed by atoms with Crippen molar-refractivity contribution >= 4 is 5.96 Å². The van der Waals surface area contributed by atoms with Crippen molar-refractivity contribution in [3.8, 4) is 5.75 Å². The zero-order chi connectivity index (χ0) is 20.1. The van der Waals surface area contributed by atoms with E-state index in [0.717, 1.165) is 73.8 Å². The number of aromatic nitrogens is 3. The number of fused-ring (bicyclic) bond motifs is 1. The fourth-order valence-corrected chi connectivity index (χ4v) is 3.57. The van der Waals surface area contributed by atoms with Gasteiger partial charge in [-0.05, 0) is 38.2 Å². The average Bonchev–Trinajstić information content (AvgIpc) is 3.48. The molecule has 0 spiro atoms. The summed E-state index contributed by atoms with van der Waals surface area (Å²) in [5.74, 6) is 4.57. The number of hydrogen-bond donors (Lipinski definition) is 2. The summed E-state index contributed by atoms with van der Waals surface area (Å²) in [6.45, 7) is 7.26. The predicted octanol–water partition coefficient (Wildman–Crippen LogP) is 2.70. The summed E-state index contributed by atoms with van der Waals surface area (Å²) >= 11 is 0. The number of benzene rings is 1. The topological polar surface area (TPSA) is 76.4 Å². The molecule has 1 fully saturated rings. The van der Waals surface area contributed by atoms with Crippen LogP contribution in [0.3, 0.4) is 0 Å². The first-order valence-electron chi connectivity index (χ1n) is 10.9. The Hall–Kier alpha value is -2.57. The Morgan fingerprint density at radius 1 is 1.24 bits per heavy atom. The highest BCUT2D eigenvalue weighted by molar-refractivity contribution is 5.80. The zero-order valence-corrected chi connectivity index (χ0v) is 17.5. The fraction of sp³-hybridized carbons (Fsp3) is 0.591. The molecule has 1 aliphatic carbocycles. The van der Waals surface area contributed by atoms with E-state index in [2.05, 4.69) is 40.6 Å². The molecule has 1 atom stereocenters.